The van der Waals surface area contributed by atoms with Crippen LogP contribution in [0.4, 0.5) is 5.82 Å². The molecule has 9 nitrogen and oxygen atoms in total. The van der Waals surface area contributed by atoms with Crippen LogP contribution in [-0.2, 0) is 11.3 Å². The fraction of sp³-hybridized carbons (Fsp3) is 0.294. The van der Waals surface area contributed by atoms with Gasteiger partial charge in [-0.2, -0.15) is 4.98 Å². The summed E-state index contributed by atoms with van der Waals surface area (Å²) in [6.07, 6.45) is 1.33. The molecule has 0 fully saturated rings. The van der Waals surface area contributed by atoms with E-state index in [0.29, 0.717) is 29.2 Å². The van der Waals surface area contributed by atoms with Gasteiger partial charge in [0, 0.05) is 12.1 Å². The van der Waals surface area contributed by atoms with E-state index in [0.717, 1.165) is 5.56 Å². The second kappa shape index (κ2) is 7.68. The van der Waals surface area contributed by atoms with Crippen LogP contribution >= 0.6 is 0 Å². The lowest BCUT2D eigenvalue weighted by Crippen LogP contribution is -2.08. The van der Waals surface area contributed by atoms with Crippen LogP contribution in [0.1, 0.15) is 23.0 Å². The number of carbonyl (C=O) groups is 1. The smallest absolute Gasteiger partial charge is 0.361 e. The van der Waals surface area contributed by atoms with Crippen molar-refractivity contribution in [1.29, 1.82) is 0 Å². The summed E-state index contributed by atoms with van der Waals surface area (Å²) in [5.74, 6) is 1.21. The predicted octanol–water partition coefficient (Wildman–Crippen LogP) is 2.42. The Balaban J connectivity index is 1.92. The average Bonchev–Trinajstić information content (AvgIpc) is 3.11. The van der Waals surface area contributed by atoms with Gasteiger partial charge in [0.2, 0.25) is 5.69 Å². The lowest BCUT2D eigenvalue weighted by Gasteiger charge is -2.12. The second-order valence-electron chi connectivity index (χ2n) is 5.19. The van der Waals surface area contributed by atoms with Gasteiger partial charge >= 0.3 is 5.97 Å². The van der Waals surface area contributed by atoms with Crippen LogP contribution in [0.15, 0.2) is 29.0 Å². The zero-order valence-electron chi connectivity index (χ0n) is 14.6. The zero-order valence-corrected chi connectivity index (χ0v) is 14.6. The molecule has 0 aliphatic heterocycles. The Kier molecular flexibility index (Phi) is 5.16. The summed E-state index contributed by atoms with van der Waals surface area (Å²) in [4.78, 5) is 20.2. The summed E-state index contributed by atoms with van der Waals surface area (Å²) in [6, 6.07) is 5.48. The minimum Gasteiger partial charge on any atom is -0.497 e. The molecular formula is C17H18N4O5. The van der Waals surface area contributed by atoms with Crippen molar-refractivity contribution in [2.24, 2.45) is 0 Å². The molecule has 2 heterocycles. The number of esters is 1. The molecule has 9 heteroatoms. The van der Waals surface area contributed by atoms with E-state index in [1.165, 1.54) is 6.33 Å². The molecule has 0 amide bonds. The van der Waals surface area contributed by atoms with Gasteiger partial charge in [0.1, 0.15) is 29.0 Å². The first-order valence-corrected chi connectivity index (χ1v) is 7.90. The third-order valence-electron chi connectivity index (χ3n) is 3.68. The lowest BCUT2D eigenvalue weighted by atomic mass is 10.2. The van der Waals surface area contributed by atoms with E-state index < -0.39 is 5.97 Å². The number of benzene rings is 1. The molecule has 0 aliphatic carbocycles. The van der Waals surface area contributed by atoms with Crippen LogP contribution in [0, 0.1) is 0 Å². The standard InChI is InChI=1S/C17H18N4O5/c1-4-25-17(22)14-13-15(19-9-20-16(13)26-21-14)18-8-10-7-11(23-2)5-6-12(10)24-3/h5-7,9H,4,8H2,1-3H3,(H,18,19,20). The van der Waals surface area contributed by atoms with Gasteiger partial charge in [-0.1, -0.05) is 5.16 Å². The minimum atomic E-state index is -0.594. The van der Waals surface area contributed by atoms with Gasteiger partial charge < -0.3 is 24.1 Å². The minimum absolute atomic E-state index is 0.0301. The van der Waals surface area contributed by atoms with E-state index in [1.54, 1.807) is 21.1 Å². The van der Waals surface area contributed by atoms with Gasteiger partial charge in [0.25, 0.3) is 5.71 Å². The number of hydrogen-bond acceptors (Lipinski definition) is 9. The molecule has 0 unspecified atom stereocenters. The third kappa shape index (κ3) is 3.37. The van der Waals surface area contributed by atoms with Crippen molar-refractivity contribution < 1.29 is 23.5 Å². The van der Waals surface area contributed by atoms with E-state index in [1.807, 2.05) is 18.2 Å². The normalized spacial score (nSPS) is 10.6. The summed E-state index contributed by atoms with van der Waals surface area (Å²) in [5.41, 5.74) is 1.08. The average molecular weight is 358 g/mol. The first-order valence-electron chi connectivity index (χ1n) is 7.90. The Bertz CT molecular complexity index is 925. The van der Waals surface area contributed by atoms with E-state index >= 15 is 0 Å². The first kappa shape index (κ1) is 17.5. The number of carbonyl (C=O) groups excluding carboxylic acids is 1. The van der Waals surface area contributed by atoms with Crippen LogP contribution in [0.25, 0.3) is 11.1 Å². The Morgan fingerprint density at radius 2 is 2.08 bits per heavy atom. The maximum absolute atomic E-state index is 12.1. The van der Waals surface area contributed by atoms with Crippen LogP contribution < -0.4 is 14.8 Å². The monoisotopic (exact) mass is 358 g/mol. The molecule has 1 N–H and O–H groups in total. The maximum atomic E-state index is 12.1. The number of aromatic nitrogens is 3. The second-order valence-corrected chi connectivity index (χ2v) is 5.19. The number of nitrogens with zero attached hydrogens (tertiary/aromatic N) is 3. The van der Waals surface area contributed by atoms with E-state index in [-0.39, 0.29) is 18.0 Å². The van der Waals surface area contributed by atoms with Crippen LogP contribution in [-0.4, -0.2) is 41.9 Å². The quantitative estimate of drug-likeness (QED) is 0.637. The van der Waals surface area contributed by atoms with E-state index in [9.17, 15) is 4.79 Å². The number of fused-ring (bicyclic) bond motifs is 1. The molecule has 136 valence electrons. The Morgan fingerprint density at radius 1 is 1.23 bits per heavy atom. The summed E-state index contributed by atoms with van der Waals surface area (Å²) in [6.45, 7) is 2.31. The van der Waals surface area contributed by atoms with Crippen molar-refractivity contribution in [2.75, 3.05) is 26.1 Å². The van der Waals surface area contributed by atoms with Gasteiger partial charge in [0.15, 0.2) is 0 Å². The lowest BCUT2D eigenvalue weighted by molar-refractivity contribution is 0.0517. The van der Waals surface area contributed by atoms with Gasteiger partial charge in [-0.05, 0) is 25.1 Å². The highest BCUT2D eigenvalue weighted by atomic mass is 16.5. The predicted molar refractivity (Wildman–Crippen MR) is 92.4 cm³/mol. The highest BCUT2D eigenvalue weighted by Crippen LogP contribution is 2.27. The fourth-order valence-corrected chi connectivity index (χ4v) is 2.46. The molecule has 0 atom stereocenters. The molecule has 0 aliphatic rings. The number of hydrogen-bond donors (Lipinski definition) is 1. The number of rotatable bonds is 7. The Hall–Kier alpha value is -3.36. The van der Waals surface area contributed by atoms with Gasteiger partial charge in [0.05, 0.1) is 20.8 Å². The van der Waals surface area contributed by atoms with E-state index in [4.69, 9.17) is 18.7 Å². The first-order chi connectivity index (χ1) is 12.7. The molecule has 0 saturated heterocycles. The van der Waals surface area contributed by atoms with Crippen LogP contribution in [0.5, 0.6) is 11.5 Å². The molecule has 26 heavy (non-hydrogen) atoms. The van der Waals surface area contributed by atoms with Crippen LogP contribution in [0.2, 0.25) is 0 Å². The molecule has 0 radical (unpaired) electrons. The van der Waals surface area contributed by atoms with Crippen LogP contribution in [0.3, 0.4) is 0 Å². The van der Waals surface area contributed by atoms with Gasteiger partial charge in [-0.15, -0.1) is 0 Å². The highest BCUT2D eigenvalue weighted by molar-refractivity contribution is 6.04. The Morgan fingerprint density at radius 3 is 2.81 bits per heavy atom. The van der Waals surface area contributed by atoms with E-state index in [2.05, 4.69) is 20.4 Å². The van der Waals surface area contributed by atoms with Crippen molar-refractivity contribution in [3.05, 3.63) is 35.8 Å². The highest BCUT2D eigenvalue weighted by Gasteiger charge is 2.22. The molecule has 3 rings (SSSR count). The molecule has 0 saturated carbocycles. The molecule has 0 spiro atoms. The third-order valence-corrected chi connectivity index (χ3v) is 3.68. The molecule has 1 aromatic carbocycles. The zero-order chi connectivity index (χ0) is 18.5. The van der Waals surface area contributed by atoms with Crippen molar-refractivity contribution in [2.45, 2.75) is 13.5 Å². The van der Waals surface area contributed by atoms with Gasteiger partial charge in [-0.25, -0.2) is 9.78 Å². The summed E-state index contributed by atoms with van der Waals surface area (Å²) >= 11 is 0. The summed E-state index contributed by atoms with van der Waals surface area (Å²) < 4.78 is 20.7. The van der Waals surface area contributed by atoms with Crippen molar-refractivity contribution in [3.63, 3.8) is 0 Å². The topological polar surface area (TPSA) is 109 Å². The Labute approximate surface area is 149 Å². The SMILES string of the molecule is CCOC(=O)c1noc2ncnc(NCc3cc(OC)ccc3OC)c12. The maximum Gasteiger partial charge on any atom is 0.361 e. The molecule has 0 bridgehead atoms. The number of nitrogens with one attached hydrogen (secondary N) is 1. The summed E-state index contributed by atoms with van der Waals surface area (Å²) in [7, 11) is 3.18. The number of ether oxygens (including phenoxy) is 3. The van der Waals surface area contributed by atoms with Crippen molar-refractivity contribution in [1.82, 2.24) is 15.1 Å². The number of methoxy groups -OCH3 is 2. The largest absolute Gasteiger partial charge is 0.497 e. The molecule has 3 aromatic rings. The van der Waals surface area contributed by atoms with Crippen molar-refractivity contribution in [3.8, 4) is 11.5 Å². The fourth-order valence-electron chi connectivity index (χ4n) is 2.46. The summed E-state index contributed by atoms with van der Waals surface area (Å²) in [5, 5.41) is 7.28. The van der Waals surface area contributed by atoms with Crippen molar-refractivity contribution >= 4 is 22.9 Å². The molecular weight excluding hydrogens is 340 g/mol. The molecule has 2 aromatic heterocycles. The number of anilines is 1. The van der Waals surface area contributed by atoms with Gasteiger partial charge in [-0.3, -0.25) is 0 Å².